The van der Waals surface area contributed by atoms with Crippen molar-refractivity contribution in [3.05, 3.63) is 90.5 Å². The van der Waals surface area contributed by atoms with Crippen LogP contribution < -0.4 is 21.2 Å². The van der Waals surface area contributed by atoms with Crippen LogP contribution in [0.4, 0.5) is 0 Å². The molecule has 4 saturated carbocycles. The van der Waals surface area contributed by atoms with Crippen LogP contribution in [0.1, 0.15) is 88.9 Å². The highest BCUT2D eigenvalue weighted by Crippen LogP contribution is 2.68. The van der Waals surface area contributed by atoms with Crippen molar-refractivity contribution in [3.63, 3.8) is 0 Å². The summed E-state index contributed by atoms with van der Waals surface area (Å²) in [4.78, 5) is 24.9. The molecule has 3 aromatic carbocycles. The molecule has 4 N–H and O–H groups in total. The topological polar surface area (TPSA) is 107 Å². The molecule has 11 atom stereocenters. The van der Waals surface area contributed by atoms with E-state index in [4.69, 9.17) is 0 Å². The molecular weight excluding hydrogens is 641 g/mol. The SMILES string of the molecule is C[C@H](CCC(=O)O)[C@H]1CC[C@H]2[C@@H]3[C@H](O)C[C@@H]4C[C@H](NC(=O)c5ccc(P(c6ccccc6)c6ccccc6)cc5)CC[C@]4(C)[C@H]3C[C@H](O)[C@]12C. The molecule has 266 valence electrons. The summed E-state index contributed by atoms with van der Waals surface area (Å²) in [6.07, 6.45) is 6.05. The molecule has 0 saturated heterocycles. The van der Waals surface area contributed by atoms with Crippen molar-refractivity contribution in [2.45, 2.75) is 96.8 Å². The average Bonchev–Trinajstić information content (AvgIpc) is 3.48. The number of fused-ring (bicyclic) bond motifs is 5. The van der Waals surface area contributed by atoms with E-state index in [-0.39, 0.29) is 64.7 Å². The lowest BCUT2D eigenvalue weighted by Crippen LogP contribution is -2.63. The minimum Gasteiger partial charge on any atom is -0.481 e. The summed E-state index contributed by atoms with van der Waals surface area (Å²) in [5.41, 5.74) is 0.381. The molecule has 0 spiro atoms. The standard InChI is InChI=1S/C43H54NO5P/c1-27(14-21-39(47)48)34-19-20-35-40-36(26-38(46)43(34,35)3)42(2)23-22-30(24-29(42)25-37(40)45)44-41(49)28-15-17-33(18-16-28)50(31-10-6-4-7-11-31)32-12-8-5-9-13-32/h4-13,15-18,27,29-30,34-38,40,45-46H,14,19-26H2,1-3H3,(H,44,49)(H,47,48)/t27-,29+,30-,34-,35+,36+,37-,38+,40+,42+,43-/m1/s1. The van der Waals surface area contributed by atoms with Gasteiger partial charge in [-0.05, 0) is 134 Å². The minimum absolute atomic E-state index is 0.00808. The Balaban J connectivity index is 1.03. The Morgan fingerprint density at radius 2 is 1.44 bits per heavy atom. The van der Waals surface area contributed by atoms with E-state index in [2.05, 4.69) is 86.8 Å². The normalized spacial score (nSPS) is 35.4. The maximum atomic E-state index is 13.6. The molecule has 4 aliphatic carbocycles. The van der Waals surface area contributed by atoms with Gasteiger partial charge in [0.1, 0.15) is 0 Å². The number of carboxylic acids is 1. The zero-order valence-electron chi connectivity index (χ0n) is 29.7. The third kappa shape index (κ3) is 6.35. The quantitative estimate of drug-likeness (QED) is 0.188. The van der Waals surface area contributed by atoms with Crippen molar-refractivity contribution >= 4 is 35.7 Å². The number of nitrogens with one attached hydrogen (secondary N) is 1. The van der Waals surface area contributed by atoms with Crippen molar-refractivity contribution in [3.8, 4) is 0 Å². The fraction of sp³-hybridized carbons (Fsp3) is 0.535. The summed E-state index contributed by atoms with van der Waals surface area (Å²) in [6, 6.07) is 29.4. The molecule has 0 aromatic heterocycles. The predicted molar refractivity (Wildman–Crippen MR) is 200 cm³/mol. The number of carbonyl (C=O) groups is 2. The molecule has 0 aliphatic heterocycles. The lowest BCUT2D eigenvalue weighted by molar-refractivity contribution is -0.202. The second kappa shape index (κ2) is 14.2. The predicted octanol–water partition coefficient (Wildman–Crippen LogP) is 6.64. The van der Waals surface area contributed by atoms with E-state index in [9.17, 15) is 24.9 Å². The monoisotopic (exact) mass is 695 g/mol. The zero-order chi connectivity index (χ0) is 35.2. The number of amides is 1. The molecule has 4 aliphatic rings. The van der Waals surface area contributed by atoms with E-state index in [1.54, 1.807) is 0 Å². The molecule has 50 heavy (non-hydrogen) atoms. The Hall–Kier alpha value is -3.05. The highest BCUT2D eigenvalue weighted by molar-refractivity contribution is 7.79. The van der Waals surface area contributed by atoms with Crippen LogP contribution in [0.2, 0.25) is 0 Å². The van der Waals surface area contributed by atoms with Gasteiger partial charge in [-0.1, -0.05) is 93.6 Å². The Bertz CT molecular complexity index is 1610. The first kappa shape index (κ1) is 35.4. The van der Waals surface area contributed by atoms with Crippen molar-refractivity contribution in [1.29, 1.82) is 0 Å². The van der Waals surface area contributed by atoms with E-state index < -0.39 is 26.1 Å². The van der Waals surface area contributed by atoms with Gasteiger partial charge in [-0.15, -0.1) is 0 Å². The van der Waals surface area contributed by atoms with Gasteiger partial charge in [0.25, 0.3) is 5.91 Å². The van der Waals surface area contributed by atoms with Gasteiger partial charge in [-0.3, -0.25) is 9.59 Å². The van der Waals surface area contributed by atoms with E-state index in [1.807, 2.05) is 24.3 Å². The summed E-state index contributed by atoms with van der Waals surface area (Å²) in [5.74, 6) is 0.611. The fourth-order valence-corrected chi connectivity index (χ4v) is 13.8. The molecule has 0 heterocycles. The van der Waals surface area contributed by atoms with Crippen LogP contribution in [0.5, 0.6) is 0 Å². The van der Waals surface area contributed by atoms with Crippen LogP contribution in [0.15, 0.2) is 84.9 Å². The number of hydrogen-bond acceptors (Lipinski definition) is 4. The summed E-state index contributed by atoms with van der Waals surface area (Å²) in [7, 11) is -0.735. The van der Waals surface area contributed by atoms with Crippen LogP contribution >= 0.6 is 7.92 Å². The van der Waals surface area contributed by atoms with Crippen LogP contribution in [-0.2, 0) is 4.79 Å². The number of carbonyl (C=O) groups excluding carboxylic acids is 1. The molecule has 7 rings (SSSR count). The van der Waals surface area contributed by atoms with E-state index in [0.717, 1.165) is 38.5 Å². The highest BCUT2D eigenvalue weighted by atomic mass is 31.1. The Morgan fingerprint density at radius 1 is 0.820 bits per heavy atom. The number of rotatable bonds is 9. The summed E-state index contributed by atoms with van der Waals surface area (Å²) in [5, 5.41) is 40.2. The molecule has 7 heteroatoms. The molecule has 0 bridgehead atoms. The average molecular weight is 696 g/mol. The smallest absolute Gasteiger partial charge is 0.303 e. The summed E-state index contributed by atoms with van der Waals surface area (Å²) < 4.78 is 0. The van der Waals surface area contributed by atoms with Gasteiger partial charge in [0, 0.05) is 18.0 Å². The van der Waals surface area contributed by atoms with Gasteiger partial charge in [0.2, 0.25) is 0 Å². The number of benzene rings is 3. The molecule has 6 nitrogen and oxygen atoms in total. The van der Waals surface area contributed by atoms with Crippen LogP contribution in [-0.4, -0.2) is 45.4 Å². The maximum absolute atomic E-state index is 13.6. The Kier molecular flexibility index (Phi) is 10.0. The second-order valence-electron chi connectivity index (χ2n) is 16.5. The number of aliphatic hydroxyl groups excluding tert-OH is 2. The lowest BCUT2D eigenvalue weighted by atomic mass is 9.43. The van der Waals surface area contributed by atoms with Crippen LogP contribution in [0, 0.1) is 46.3 Å². The minimum atomic E-state index is -0.760. The third-order valence-electron chi connectivity index (χ3n) is 14.1. The molecule has 3 aromatic rings. The largest absolute Gasteiger partial charge is 0.481 e. The fourth-order valence-electron chi connectivity index (χ4n) is 11.5. The van der Waals surface area contributed by atoms with Gasteiger partial charge in [0.15, 0.2) is 0 Å². The van der Waals surface area contributed by atoms with Crippen LogP contribution in [0.3, 0.4) is 0 Å². The van der Waals surface area contributed by atoms with Gasteiger partial charge >= 0.3 is 5.97 Å². The number of hydrogen-bond donors (Lipinski definition) is 4. The summed E-state index contributed by atoms with van der Waals surface area (Å²) in [6.45, 7) is 6.79. The Morgan fingerprint density at radius 3 is 2.06 bits per heavy atom. The Labute approximate surface area is 298 Å². The first-order valence-electron chi connectivity index (χ1n) is 18.9. The van der Waals surface area contributed by atoms with Gasteiger partial charge < -0.3 is 20.6 Å². The number of aliphatic hydroxyl groups is 2. The number of aliphatic carboxylic acids is 1. The van der Waals surface area contributed by atoms with Gasteiger partial charge in [-0.2, -0.15) is 0 Å². The second-order valence-corrected chi connectivity index (χ2v) is 18.7. The van der Waals surface area contributed by atoms with E-state index in [0.29, 0.717) is 18.4 Å². The van der Waals surface area contributed by atoms with Crippen molar-refractivity contribution in [2.24, 2.45) is 46.3 Å². The molecule has 0 radical (unpaired) electrons. The molecule has 1 amide bonds. The molecule has 4 fully saturated rings. The highest BCUT2D eigenvalue weighted by Gasteiger charge is 2.65. The summed E-state index contributed by atoms with van der Waals surface area (Å²) >= 11 is 0. The lowest BCUT2D eigenvalue weighted by Gasteiger charge is -2.63. The molecule has 0 unspecified atom stereocenters. The van der Waals surface area contributed by atoms with Crippen molar-refractivity contribution in [2.75, 3.05) is 0 Å². The van der Waals surface area contributed by atoms with Crippen LogP contribution in [0.25, 0.3) is 0 Å². The maximum Gasteiger partial charge on any atom is 0.303 e. The van der Waals surface area contributed by atoms with Gasteiger partial charge in [0.05, 0.1) is 12.2 Å². The number of carboxylic acid groups (broad SMARTS) is 1. The molecular formula is C43H54NO5P. The van der Waals surface area contributed by atoms with Crippen molar-refractivity contribution in [1.82, 2.24) is 5.32 Å². The first-order valence-corrected chi connectivity index (χ1v) is 20.2. The zero-order valence-corrected chi connectivity index (χ0v) is 30.6. The third-order valence-corrected chi connectivity index (χ3v) is 16.6. The van der Waals surface area contributed by atoms with E-state index in [1.165, 1.54) is 15.9 Å². The van der Waals surface area contributed by atoms with Crippen molar-refractivity contribution < 1.29 is 24.9 Å². The van der Waals surface area contributed by atoms with Gasteiger partial charge in [-0.25, -0.2) is 0 Å². The van der Waals surface area contributed by atoms with E-state index >= 15 is 0 Å². The first-order chi connectivity index (χ1) is 24.0.